The summed E-state index contributed by atoms with van der Waals surface area (Å²) in [4.78, 5) is 26.5. The Labute approximate surface area is 165 Å². The number of carbonyl (C=O) groups excluding carboxylic acids is 2. The number of nitriles is 1. The molecule has 2 amide bonds. The van der Waals surface area contributed by atoms with E-state index in [1.807, 2.05) is 42.5 Å². The molecule has 1 saturated heterocycles. The summed E-state index contributed by atoms with van der Waals surface area (Å²) in [7, 11) is 0. The minimum absolute atomic E-state index is 0.0504. The van der Waals surface area contributed by atoms with Crippen molar-refractivity contribution in [3.05, 3.63) is 77.4 Å². The van der Waals surface area contributed by atoms with Crippen LogP contribution in [0.1, 0.15) is 29.5 Å². The summed E-state index contributed by atoms with van der Waals surface area (Å²) in [6, 6.07) is 19.1. The first-order valence-corrected chi connectivity index (χ1v) is 9.45. The van der Waals surface area contributed by atoms with Crippen LogP contribution in [0.15, 0.2) is 60.7 Å². The van der Waals surface area contributed by atoms with Gasteiger partial charge >= 0.3 is 0 Å². The second-order valence-electron chi connectivity index (χ2n) is 6.84. The van der Waals surface area contributed by atoms with Crippen LogP contribution in [-0.2, 0) is 16.1 Å². The average molecular weight is 373 g/mol. The summed E-state index contributed by atoms with van der Waals surface area (Å²) in [5.74, 6) is -0.0959. The largest absolute Gasteiger partial charge is 0.352 e. The lowest BCUT2D eigenvalue weighted by molar-refractivity contribution is -0.132. The zero-order valence-corrected chi connectivity index (χ0v) is 15.7. The van der Waals surface area contributed by atoms with Gasteiger partial charge in [0.1, 0.15) is 0 Å². The first kappa shape index (κ1) is 19.4. The Morgan fingerprint density at radius 1 is 1.07 bits per heavy atom. The molecule has 3 rings (SSSR count). The number of likely N-dealkylation sites (tertiary alicyclic amines) is 1. The van der Waals surface area contributed by atoms with Gasteiger partial charge in [-0.2, -0.15) is 5.26 Å². The summed E-state index contributed by atoms with van der Waals surface area (Å²) in [6.07, 6.45) is 4.51. The standard InChI is InChI=1S/C23H23N3O2/c24-16-21-9-5-4-8-19(21)10-11-22(27)26-14-12-20(13-15-26)23(28)25-17-18-6-2-1-3-7-18/h1-11,20H,12-15,17H2,(H,25,28)/b11-10+. The Hall–Kier alpha value is -3.39. The molecule has 0 bridgehead atoms. The van der Waals surface area contributed by atoms with Gasteiger partial charge in [-0.1, -0.05) is 48.5 Å². The van der Waals surface area contributed by atoms with E-state index in [1.165, 1.54) is 6.08 Å². The van der Waals surface area contributed by atoms with Gasteiger partial charge in [0.2, 0.25) is 11.8 Å². The first-order valence-electron chi connectivity index (χ1n) is 9.45. The van der Waals surface area contributed by atoms with E-state index in [9.17, 15) is 9.59 Å². The van der Waals surface area contributed by atoms with E-state index in [0.29, 0.717) is 38.0 Å². The molecule has 0 radical (unpaired) electrons. The normalized spacial score (nSPS) is 14.6. The highest BCUT2D eigenvalue weighted by Gasteiger charge is 2.26. The second-order valence-corrected chi connectivity index (χ2v) is 6.84. The van der Waals surface area contributed by atoms with Crippen molar-refractivity contribution in [1.29, 1.82) is 5.26 Å². The van der Waals surface area contributed by atoms with Crippen molar-refractivity contribution in [2.75, 3.05) is 13.1 Å². The summed E-state index contributed by atoms with van der Waals surface area (Å²) in [6.45, 7) is 1.65. The van der Waals surface area contributed by atoms with Gasteiger partial charge in [0.25, 0.3) is 0 Å². The molecular weight excluding hydrogens is 350 g/mol. The van der Waals surface area contributed by atoms with E-state index in [4.69, 9.17) is 5.26 Å². The molecule has 1 fully saturated rings. The van der Waals surface area contributed by atoms with E-state index >= 15 is 0 Å². The van der Waals surface area contributed by atoms with Crippen LogP contribution >= 0.6 is 0 Å². The van der Waals surface area contributed by atoms with Crippen LogP contribution in [0.3, 0.4) is 0 Å². The molecular formula is C23H23N3O2. The topological polar surface area (TPSA) is 73.2 Å². The molecule has 2 aromatic carbocycles. The van der Waals surface area contributed by atoms with Crippen molar-refractivity contribution >= 4 is 17.9 Å². The fourth-order valence-electron chi connectivity index (χ4n) is 3.30. The number of rotatable bonds is 5. The SMILES string of the molecule is N#Cc1ccccc1/C=C/C(=O)N1CCC(C(=O)NCc2ccccc2)CC1. The van der Waals surface area contributed by atoms with Gasteiger partial charge in [0.05, 0.1) is 11.6 Å². The zero-order chi connectivity index (χ0) is 19.8. The van der Waals surface area contributed by atoms with E-state index in [1.54, 1.807) is 23.1 Å². The third-order valence-electron chi connectivity index (χ3n) is 4.97. The lowest BCUT2D eigenvalue weighted by atomic mass is 9.95. The highest BCUT2D eigenvalue weighted by atomic mass is 16.2. The smallest absolute Gasteiger partial charge is 0.246 e. The van der Waals surface area contributed by atoms with Crippen LogP contribution in [0, 0.1) is 17.2 Å². The van der Waals surface area contributed by atoms with Crippen molar-refractivity contribution < 1.29 is 9.59 Å². The summed E-state index contributed by atoms with van der Waals surface area (Å²) in [5.41, 5.74) is 2.35. The Kier molecular flexibility index (Phi) is 6.59. The molecule has 1 aliphatic rings. The van der Waals surface area contributed by atoms with E-state index in [2.05, 4.69) is 11.4 Å². The third-order valence-corrected chi connectivity index (χ3v) is 4.97. The molecule has 0 spiro atoms. The molecule has 142 valence electrons. The summed E-state index contributed by atoms with van der Waals surface area (Å²) >= 11 is 0. The van der Waals surface area contributed by atoms with Crippen LogP contribution in [-0.4, -0.2) is 29.8 Å². The Morgan fingerprint density at radius 3 is 2.46 bits per heavy atom. The van der Waals surface area contributed by atoms with Crippen molar-refractivity contribution in [3.63, 3.8) is 0 Å². The number of nitrogens with one attached hydrogen (secondary N) is 1. The number of nitrogens with zero attached hydrogens (tertiary/aromatic N) is 2. The van der Waals surface area contributed by atoms with Crippen LogP contribution < -0.4 is 5.32 Å². The van der Waals surface area contributed by atoms with Gasteiger partial charge < -0.3 is 10.2 Å². The van der Waals surface area contributed by atoms with Gasteiger partial charge in [0.15, 0.2) is 0 Å². The molecule has 0 atom stereocenters. The molecule has 0 unspecified atom stereocenters. The van der Waals surface area contributed by atoms with Crippen molar-refractivity contribution in [2.45, 2.75) is 19.4 Å². The number of amides is 2. The molecule has 1 heterocycles. The van der Waals surface area contributed by atoms with Crippen LogP contribution in [0.25, 0.3) is 6.08 Å². The third kappa shape index (κ3) is 5.08. The lowest BCUT2D eigenvalue weighted by Gasteiger charge is -2.30. The molecule has 5 heteroatoms. The molecule has 0 aromatic heterocycles. The molecule has 1 N–H and O–H groups in total. The highest BCUT2D eigenvalue weighted by Crippen LogP contribution is 2.18. The highest BCUT2D eigenvalue weighted by molar-refractivity contribution is 5.92. The van der Waals surface area contributed by atoms with Crippen molar-refractivity contribution in [2.24, 2.45) is 5.92 Å². The summed E-state index contributed by atoms with van der Waals surface area (Å²) < 4.78 is 0. The summed E-state index contributed by atoms with van der Waals surface area (Å²) in [5, 5.41) is 12.1. The maximum atomic E-state index is 12.4. The monoisotopic (exact) mass is 373 g/mol. The number of hydrogen-bond donors (Lipinski definition) is 1. The van der Waals surface area contributed by atoms with E-state index in [0.717, 1.165) is 11.1 Å². The van der Waals surface area contributed by atoms with Gasteiger partial charge in [-0.15, -0.1) is 0 Å². The fourth-order valence-corrected chi connectivity index (χ4v) is 3.30. The lowest BCUT2D eigenvalue weighted by Crippen LogP contribution is -2.42. The minimum Gasteiger partial charge on any atom is -0.352 e. The van der Waals surface area contributed by atoms with Gasteiger partial charge in [-0.05, 0) is 36.1 Å². The predicted molar refractivity (Wildman–Crippen MR) is 108 cm³/mol. The maximum Gasteiger partial charge on any atom is 0.246 e. The van der Waals surface area contributed by atoms with Crippen molar-refractivity contribution in [1.82, 2.24) is 10.2 Å². The number of piperidine rings is 1. The Balaban J connectivity index is 1.48. The minimum atomic E-state index is -0.0871. The van der Waals surface area contributed by atoms with Crippen LogP contribution in [0.4, 0.5) is 0 Å². The molecule has 0 aliphatic carbocycles. The first-order chi connectivity index (χ1) is 13.7. The van der Waals surface area contributed by atoms with Crippen molar-refractivity contribution in [3.8, 4) is 6.07 Å². The second kappa shape index (κ2) is 9.52. The number of benzene rings is 2. The Morgan fingerprint density at radius 2 is 1.75 bits per heavy atom. The molecule has 28 heavy (non-hydrogen) atoms. The maximum absolute atomic E-state index is 12.4. The van der Waals surface area contributed by atoms with E-state index in [-0.39, 0.29) is 17.7 Å². The number of hydrogen-bond acceptors (Lipinski definition) is 3. The van der Waals surface area contributed by atoms with Gasteiger partial charge in [0, 0.05) is 31.6 Å². The van der Waals surface area contributed by atoms with Crippen LogP contribution in [0.5, 0.6) is 0 Å². The Bertz CT molecular complexity index is 892. The quantitative estimate of drug-likeness (QED) is 0.819. The zero-order valence-electron chi connectivity index (χ0n) is 15.7. The van der Waals surface area contributed by atoms with Gasteiger partial charge in [-0.3, -0.25) is 9.59 Å². The molecule has 5 nitrogen and oxygen atoms in total. The van der Waals surface area contributed by atoms with E-state index < -0.39 is 0 Å². The molecule has 0 saturated carbocycles. The van der Waals surface area contributed by atoms with Crippen LogP contribution in [0.2, 0.25) is 0 Å². The average Bonchev–Trinajstić information content (AvgIpc) is 2.76. The predicted octanol–water partition coefficient (Wildman–Crippen LogP) is 3.13. The molecule has 1 aliphatic heterocycles. The number of carbonyl (C=O) groups is 2. The van der Waals surface area contributed by atoms with Gasteiger partial charge in [-0.25, -0.2) is 0 Å². The fraction of sp³-hybridized carbons (Fsp3) is 0.261. The molecule has 2 aromatic rings.